The molecule has 2 aliphatic rings. The summed E-state index contributed by atoms with van der Waals surface area (Å²) < 4.78 is 1.99. The van der Waals surface area contributed by atoms with Gasteiger partial charge in [-0.25, -0.2) is 9.50 Å². The lowest BCUT2D eigenvalue weighted by Crippen LogP contribution is -2.36. The highest BCUT2D eigenvalue weighted by molar-refractivity contribution is 5.80. The summed E-state index contributed by atoms with van der Waals surface area (Å²) in [7, 11) is 4.14. The summed E-state index contributed by atoms with van der Waals surface area (Å²) in [5.74, 6) is 0.583. The van der Waals surface area contributed by atoms with Crippen LogP contribution in [-0.4, -0.2) is 50.9 Å². The Labute approximate surface area is 155 Å². The Morgan fingerprint density at radius 3 is 2.73 bits per heavy atom. The highest BCUT2D eigenvalue weighted by atomic mass is 16.2. The van der Waals surface area contributed by atoms with Crippen molar-refractivity contribution in [1.82, 2.24) is 24.4 Å². The fourth-order valence-corrected chi connectivity index (χ4v) is 4.64. The molecule has 6 nitrogen and oxygen atoms in total. The zero-order chi connectivity index (χ0) is 18.3. The van der Waals surface area contributed by atoms with Crippen LogP contribution in [0.2, 0.25) is 0 Å². The van der Waals surface area contributed by atoms with Gasteiger partial charge in [-0.15, -0.1) is 0 Å². The van der Waals surface area contributed by atoms with E-state index in [2.05, 4.69) is 28.9 Å². The highest BCUT2D eigenvalue weighted by Gasteiger charge is 2.37. The Hall–Kier alpha value is -1.95. The van der Waals surface area contributed by atoms with Crippen molar-refractivity contribution < 1.29 is 4.79 Å². The zero-order valence-corrected chi connectivity index (χ0v) is 16.1. The van der Waals surface area contributed by atoms with Crippen molar-refractivity contribution >= 4 is 11.6 Å². The number of carbonyl (C=O) groups excluding carboxylic acids is 1. The van der Waals surface area contributed by atoms with E-state index in [0.29, 0.717) is 5.91 Å². The number of aryl methyl sites for hydroxylation is 1. The van der Waals surface area contributed by atoms with Gasteiger partial charge in [-0.1, -0.05) is 12.8 Å². The number of nitrogens with zero attached hydrogens (tertiary/aromatic N) is 5. The van der Waals surface area contributed by atoms with Gasteiger partial charge in [0.05, 0.1) is 17.4 Å². The third kappa shape index (κ3) is 3.11. The van der Waals surface area contributed by atoms with E-state index < -0.39 is 0 Å². The molecule has 3 heterocycles. The van der Waals surface area contributed by atoms with Crippen LogP contribution in [0, 0.1) is 12.8 Å². The van der Waals surface area contributed by atoms with Crippen LogP contribution in [0.4, 0.5) is 0 Å². The second-order valence-electron chi connectivity index (χ2n) is 8.13. The lowest BCUT2D eigenvalue weighted by atomic mass is 10.0. The molecule has 2 fully saturated rings. The lowest BCUT2D eigenvalue weighted by Gasteiger charge is -2.29. The molecule has 6 heteroatoms. The molecule has 1 aliphatic heterocycles. The van der Waals surface area contributed by atoms with Crippen LogP contribution in [0.1, 0.15) is 61.5 Å². The van der Waals surface area contributed by atoms with E-state index in [1.54, 1.807) is 0 Å². The summed E-state index contributed by atoms with van der Waals surface area (Å²) >= 11 is 0. The van der Waals surface area contributed by atoms with Gasteiger partial charge in [0.2, 0.25) is 5.91 Å². The number of hydrogen-bond donors (Lipinski definition) is 0. The Balaban J connectivity index is 1.76. The molecule has 1 amide bonds. The van der Waals surface area contributed by atoms with Gasteiger partial charge in [0.1, 0.15) is 0 Å². The first kappa shape index (κ1) is 17.5. The molecule has 2 aromatic rings. The quantitative estimate of drug-likeness (QED) is 0.846. The summed E-state index contributed by atoms with van der Waals surface area (Å²) in [6.45, 7) is 3.67. The van der Waals surface area contributed by atoms with Gasteiger partial charge >= 0.3 is 0 Å². The van der Waals surface area contributed by atoms with Gasteiger partial charge in [-0.3, -0.25) is 4.79 Å². The third-order valence-corrected chi connectivity index (χ3v) is 5.77. The van der Waals surface area contributed by atoms with E-state index in [9.17, 15) is 4.79 Å². The standard InChI is InChI=1S/C20H29N5O/c1-14-11-18-21-12-16(13-23(2)3)19(25(18)22-14)17-9-6-10-24(17)20(26)15-7-4-5-8-15/h11-12,15,17H,4-10,13H2,1-3H3. The van der Waals surface area contributed by atoms with Crippen LogP contribution in [0.25, 0.3) is 5.65 Å². The van der Waals surface area contributed by atoms with Crippen molar-refractivity contribution in [1.29, 1.82) is 0 Å². The Kier molecular flexibility index (Phi) is 4.69. The maximum Gasteiger partial charge on any atom is 0.226 e. The molecule has 1 saturated carbocycles. The van der Waals surface area contributed by atoms with Gasteiger partial charge in [0, 0.05) is 36.8 Å². The molecule has 1 aliphatic carbocycles. The van der Waals surface area contributed by atoms with E-state index in [0.717, 1.165) is 55.8 Å². The van der Waals surface area contributed by atoms with Gasteiger partial charge in [0.25, 0.3) is 0 Å². The van der Waals surface area contributed by atoms with E-state index in [1.165, 1.54) is 18.4 Å². The third-order valence-electron chi connectivity index (χ3n) is 5.77. The van der Waals surface area contributed by atoms with Crippen LogP contribution < -0.4 is 0 Å². The molecular formula is C20H29N5O. The van der Waals surface area contributed by atoms with Crippen LogP contribution >= 0.6 is 0 Å². The fraction of sp³-hybridized carbons (Fsp3) is 0.650. The predicted octanol–water partition coefficient (Wildman–Crippen LogP) is 2.95. The average Bonchev–Trinajstić information content (AvgIpc) is 3.33. The molecule has 0 aromatic carbocycles. The van der Waals surface area contributed by atoms with Crippen molar-refractivity contribution in [2.75, 3.05) is 20.6 Å². The first-order valence-corrected chi connectivity index (χ1v) is 9.84. The number of hydrogen-bond acceptors (Lipinski definition) is 4. The SMILES string of the molecule is Cc1cc2ncc(CN(C)C)c(C3CCCN3C(=O)C3CCCC3)n2n1. The van der Waals surface area contributed by atoms with E-state index >= 15 is 0 Å². The first-order chi connectivity index (χ1) is 12.5. The zero-order valence-electron chi connectivity index (χ0n) is 16.1. The maximum absolute atomic E-state index is 13.2. The smallest absolute Gasteiger partial charge is 0.226 e. The second kappa shape index (κ2) is 6.99. The number of carbonyl (C=O) groups is 1. The minimum Gasteiger partial charge on any atom is -0.334 e. The molecule has 2 aromatic heterocycles. The minimum absolute atomic E-state index is 0.114. The van der Waals surface area contributed by atoms with Crippen molar-refractivity contribution in [3.8, 4) is 0 Å². The van der Waals surface area contributed by atoms with Crippen molar-refractivity contribution in [3.05, 3.63) is 29.2 Å². The van der Waals surface area contributed by atoms with Crippen LogP contribution in [-0.2, 0) is 11.3 Å². The van der Waals surface area contributed by atoms with Gasteiger partial charge in [-0.2, -0.15) is 5.10 Å². The average molecular weight is 355 g/mol. The van der Waals surface area contributed by atoms with Crippen molar-refractivity contribution in [2.24, 2.45) is 5.92 Å². The van der Waals surface area contributed by atoms with Gasteiger partial charge in [-0.05, 0) is 46.7 Å². The summed E-state index contributed by atoms with van der Waals surface area (Å²) in [5, 5.41) is 4.71. The second-order valence-corrected chi connectivity index (χ2v) is 8.13. The fourth-order valence-electron chi connectivity index (χ4n) is 4.64. The maximum atomic E-state index is 13.2. The molecule has 0 bridgehead atoms. The molecule has 1 saturated heterocycles. The largest absolute Gasteiger partial charge is 0.334 e. The van der Waals surface area contributed by atoms with Gasteiger partial charge < -0.3 is 9.80 Å². The highest BCUT2D eigenvalue weighted by Crippen LogP contribution is 2.37. The molecular weight excluding hydrogens is 326 g/mol. The molecule has 0 radical (unpaired) electrons. The molecule has 1 unspecified atom stereocenters. The van der Waals surface area contributed by atoms with E-state index in [4.69, 9.17) is 5.10 Å². The number of amides is 1. The lowest BCUT2D eigenvalue weighted by molar-refractivity contribution is -0.136. The Bertz CT molecular complexity index is 806. The summed E-state index contributed by atoms with van der Waals surface area (Å²) in [6, 6.07) is 2.13. The van der Waals surface area contributed by atoms with Gasteiger partial charge in [0.15, 0.2) is 5.65 Å². The molecule has 26 heavy (non-hydrogen) atoms. The normalized spacial score (nSPS) is 21.4. The van der Waals surface area contributed by atoms with Crippen molar-refractivity contribution in [3.63, 3.8) is 0 Å². The topological polar surface area (TPSA) is 53.7 Å². The minimum atomic E-state index is 0.114. The van der Waals surface area contributed by atoms with Crippen LogP contribution in [0.5, 0.6) is 0 Å². The van der Waals surface area contributed by atoms with E-state index in [1.807, 2.05) is 23.7 Å². The van der Waals surface area contributed by atoms with E-state index in [-0.39, 0.29) is 12.0 Å². The summed E-state index contributed by atoms with van der Waals surface area (Å²) in [5.41, 5.74) is 4.16. The van der Waals surface area contributed by atoms with Crippen LogP contribution in [0.15, 0.2) is 12.3 Å². The van der Waals surface area contributed by atoms with Crippen LogP contribution in [0.3, 0.4) is 0 Å². The summed E-state index contributed by atoms with van der Waals surface area (Å²) in [6.07, 6.45) is 8.55. The number of likely N-dealkylation sites (tertiary alicyclic amines) is 1. The Morgan fingerprint density at radius 2 is 2.00 bits per heavy atom. The predicted molar refractivity (Wildman–Crippen MR) is 101 cm³/mol. The molecule has 0 N–H and O–H groups in total. The first-order valence-electron chi connectivity index (χ1n) is 9.84. The molecule has 0 spiro atoms. The summed E-state index contributed by atoms with van der Waals surface area (Å²) in [4.78, 5) is 22.1. The monoisotopic (exact) mass is 355 g/mol. The Morgan fingerprint density at radius 1 is 1.23 bits per heavy atom. The molecule has 4 rings (SSSR count). The number of fused-ring (bicyclic) bond motifs is 1. The van der Waals surface area contributed by atoms with Crippen molar-refractivity contribution in [2.45, 2.75) is 58.0 Å². The number of rotatable bonds is 4. The number of aromatic nitrogens is 3. The molecule has 1 atom stereocenters. The molecule has 140 valence electrons.